The highest BCUT2D eigenvalue weighted by molar-refractivity contribution is 6.33. The lowest BCUT2D eigenvalue weighted by Crippen LogP contribution is -2.13. The van der Waals surface area contributed by atoms with Crippen molar-refractivity contribution in [2.45, 2.75) is 20.0 Å². The second-order valence-electron chi connectivity index (χ2n) is 5.93. The van der Waals surface area contributed by atoms with Gasteiger partial charge in [0.25, 0.3) is 5.95 Å². The Labute approximate surface area is 168 Å². The number of rotatable bonds is 5. The Bertz CT molecular complexity index is 1050. The number of nitrogens with zero attached hydrogens (tertiary/aromatic N) is 4. The van der Waals surface area contributed by atoms with Crippen LogP contribution < -0.4 is 5.32 Å². The van der Waals surface area contributed by atoms with E-state index in [1.807, 2.05) is 6.92 Å². The van der Waals surface area contributed by atoms with Gasteiger partial charge in [-0.05, 0) is 37.6 Å². The number of benzene rings is 1. The first-order chi connectivity index (χ1) is 13.7. The Morgan fingerprint density at radius 1 is 1.31 bits per heavy atom. The van der Waals surface area contributed by atoms with Gasteiger partial charge in [-0.1, -0.05) is 11.6 Å². The van der Waals surface area contributed by atoms with Crippen LogP contribution in [-0.4, -0.2) is 32.3 Å². The molecule has 1 aromatic carbocycles. The molecule has 0 radical (unpaired) electrons. The molecule has 0 aliphatic rings. The van der Waals surface area contributed by atoms with Crippen molar-refractivity contribution in [2.24, 2.45) is 0 Å². The number of esters is 1. The van der Waals surface area contributed by atoms with Crippen LogP contribution in [0.5, 0.6) is 0 Å². The summed E-state index contributed by atoms with van der Waals surface area (Å²) in [6, 6.07) is 2.80. The number of hydrogen-bond donors (Lipinski definition) is 1. The van der Waals surface area contributed by atoms with Gasteiger partial charge >= 0.3 is 12.1 Å². The van der Waals surface area contributed by atoms with E-state index in [0.29, 0.717) is 0 Å². The Hall–Kier alpha value is -3.14. The number of carbonyl (C=O) groups is 1. The largest absolute Gasteiger partial charge is 0.462 e. The van der Waals surface area contributed by atoms with E-state index in [1.165, 1.54) is 10.9 Å². The molecule has 2 heterocycles. The number of hydrogen-bond acceptors (Lipinski definition) is 6. The molecule has 0 atom stereocenters. The quantitative estimate of drug-likeness (QED) is 0.603. The molecule has 0 aliphatic carbocycles. The van der Waals surface area contributed by atoms with Crippen LogP contribution in [0.15, 0.2) is 36.8 Å². The summed E-state index contributed by atoms with van der Waals surface area (Å²) >= 11 is 6.04. The topological polar surface area (TPSA) is 81.9 Å². The SMILES string of the molecule is CCOC(=O)c1cnc(-n2cc(C)cn2)nc1Nc1cc(C(F)(F)F)ccc1Cl. The molecule has 2 aromatic heterocycles. The Morgan fingerprint density at radius 2 is 2.07 bits per heavy atom. The van der Waals surface area contributed by atoms with E-state index in [-0.39, 0.29) is 34.6 Å². The molecule has 0 spiro atoms. The summed E-state index contributed by atoms with van der Waals surface area (Å²) in [5, 5.41) is 6.78. The van der Waals surface area contributed by atoms with Crippen molar-refractivity contribution in [3.05, 3.63) is 58.5 Å². The molecule has 29 heavy (non-hydrogen) atoms. The normalized spacial score (nSPS) is 11.4. The van der Waals surface area contributed by atoms with E-state index in [9.17, 15) is 18.0 Å². The van der Waals surface area contributed by atoms with Gasteiger partial charge in [0, 0.05) is 12.4 Å². The fourth-order valence-electron chi connectivity index (χ4n) is 2.38. The number of halogens is 4. The first-order valence-electron chi connectivity index (χ1n) is 8.38. The van der Waals surface area contributed by atoms with Gasteiger partial charge in [0.1, 0.15) is 5.56 Å². The molecule has 0 bridgehead atoms. The summed E-state index contributed by atoms with van der Waals surface area (Å²) < 4.78 is 45.5. The minimum absolute atomic E-state index is 0.0166. The van der Waals surface area contributed by atoms with Crippen LogP contribution in [0.2, 0.25) is 5.02 Å². The lowest BCUT2D eigenvalue weighted by Gasteiger charge is -2.14. The number of nitrogens with one attached hydrogen (secondary N) is 1. The fourth-order valence-corrected chi connectivity index (χ4v) is 2.55. The third-order valence-corrected chi connectivity index (χ3v) is 4.06. The third-order valence-electron chi connectivity index (χ3n) is 3.73. The number of aromatic nitrogens is 4. The number of carbonyl (C=O) groups excluding carboxylic acids is 1. The van der Waals surface area contributed by atoms with Crippen LogP contribution >= 0.6 is 11.6 Å². The minimum atomic E-state index is -4.56. The molecule has 7 nitrogen and oxygen atoms in total. The molecule has 0 aliphatic heterocycles. The third kappa shape index (κ3) is 4.65. The number of anilines is 2. The predicted molar refractivity (Wildman–Crippen MR) is 99.6 cm³/mol. The molecule has 0 amide bonds. The molecule has 3 rings (SSSR count). The number of ether oxygens (including phenoxy) is 1. The fraction of sp³-hybridized carbons (Fsp3) is 0.222. The molecule has 0 saturated heterocycles. The standard InChI is InChI=1S/C18H15ClF3N5O2/c1-3-29-16(28)12-8-23-17(27-9-10(2)7-24-27)26-15(12)25-14-6-11(18(20,21)22)4-5-13(14)19/h4-9H,3H2,1-2H3,(H,23,25,26). The maximum atomic E-state index is 13.1. The zero-order valence-corrected chi connectivity index (χ0v) is 16.0. The smallest absolute Gasteiger partial charge is 0.416 e. The van der Waals surface area contributed by atoms with Gasteiger partial charge in [-0.3, -0.25) is 0 Å². The molecule has 0 fully saturated rings. The Kier molecular flexibility index (Phi) is 5.73. The van der Waals surface area contributed by atoms with Gasteiger partial charge < -0.3 is 10.1 Å². The molecule has 11 heteroatoms. The van der Waals surface area contributed by atoms with Gasteiger partial charge in [-0.25, -0.2) is 14.5 Å². The summed E-state index contributed by atoms with van der Waals surface area (Å²) in [6.45, 7) is 3.54. The highest BCUT2D eigenvalue weighted by atomic mass is 35.5. The summed E-state index contributed by atoms with van der Waals surface area (Å²) in [5.74, 6) is -0.694. The van der Waals surface area contributed by atoms with Gasteiger partial charge in [0.05, 0.1) is 29.1 Å². The van der Waals surface area contributed by atoms with Gasteiger partial charge in [-0.2, -0.15) is 23.3 Å². The molecular formula is C18H15ClF3N5O2. The van der Waals surface area contributed by atoms with Gasteiger partial charge in [0.2, 0.25) is 0 Å². The first kappa shape index (κ1) is 20.6. The van der Waals surface area contributed by atoms with Gasteiger partial charge in [-0.15, -0.1) is 0 Å². The highest BCUT2D eigenvalue weighted by Crippen LogP contribution is 2.35. The van der Waals surface area contributed by atoms with Crippen LogP contribution in [0.25, 0.3) is 5.95 Å². The van der Waals surface area contributed by atoms with E-state index < -0.39 is 17.7 Å². The highest BCUT2D eigenvalue weighted by Gasteiger charge is 2.31. The van der Waals surface area contributed by atoms with Crippen LogP contribution in [-0.2, 0) is 10.9 Å². The predicted octanol–water partition coefficient (Wildman–Crippen LogP) is 4.56. The molecule has 3 aromatic rings. The Balaban J connectivity index is 2.07. The van der Waals surface area contributed by atoms with Crippen LogP contribution in [0.4, 0.5) is 24.7 Å². The monoisotopic (exact) mass is 425 g/mol. The zero-order valence-electron chi connectivity index (χ0n) is 15.3. The summed E-state index contributed by atoms with van der Waals surface area (Å²) in [5.41, 5.74) is -0.196. The van der Waals surface area contributed by atoms with E-state index in [2.05, 4.69) is 20.4 Å². The summed E-state index contributed by atoms with van der Waals surface area (Å²) in [7, 11) is 0. The van der Waals surface area contributed by atoms with E-state index >= 15 is 0 Å². The van der Waals surface area contributed by atoms with Crippen molar-refractivity contribution in [1.82, 2.24) is 19.7 Å². The lowest BCUT2D eigenvalue weighted by atomic mass is 10.2. The van der Waals surface area contributed by atoms with Crippen molar-refractivity contribution in [2.75, 3.05) is 11.9 Å². The second kappa shape index (κ2) is 8.08. The summed E-state index contributed by atoms with van der Waals surface area (Å²) in [4.78, 5) is 20.5. The first-order valence-corrected chi connectivity index (χ1v) is 8.76. The molecule has 1 N–H and O–H groups in total. The van der Waals surface area contributed by atoms with Crippen LogP contribution in [0, 0.1) is 6.92 Å². The van der Waals surface area contributed by atoms with Gasteiger partial charge in [0.15, 0.2) is 5.82 Å². The Morgan fingerprint density at radius 3 is 2.69 bits per heavy atom. The number of aryl methyl sites for hydroxylation is 1. The van der Waals surface area contributed by atoms with Crippen molar-refractivity contribution in [3.63, 3.8) is 0 Å². The van der Waals surface area contributed by atoms with Crippen molar-refractivity contribution in [1.29, 1.82) is 0 Å². The summed E-state index contributed by atoms with van der Waals surface area (Å²) in [6.07, 6.45) is -0.116. The maximum Gasteiger partial charge on any atom is 0.416 e. The molecule has 152 valence electrons. The maximum absolute atomic E-state index is 13.1. The molecule has 0 saturated carbocycles. The average molecular weight is 426 g/mol. The zero-order chi connectivity index (χ0) is 21.2. The van der Waals surface area contributed by atoms with E-state index in [1.54, 1.807) is 19.3 Å². The van der Waals surface area contributed by atoms with Crippen LogP contribution in [0.3, 0.4) is 0 Å². The lowest BCUT2D eigenvalue weighted by molar-refractivity contribution is -0.137. The van der Waals surface area contributed by atoms with Crippen molar-refractivity contribution >= 4 is 29.1 Å². The molecule has 0 unspecified atom stereocenters. The van der Waals surface area contributed by atoms with Crippen LogP contribution in [0.1, 0.15) is 28.4 Å². The second-order valence-corrected chi connectivity index (χ2v) is 6.34. The van der Waals surface area contributed by atoms with Crippen molar-refractivity contribution < 1.29 is 22.7 Å². The molecular weight excluding hydrogens is 411 g/mol. The van der Waals surface area contributed by atoms with E-state index in [0.717, 1.165) is 23.8 Å². The average Bonchev–Trinajstić information content (AvgIpc) is 3.09. The van der Waals surface area contributed by atoms with Crippen molar-refractivity contribution in [3.8, 4) is 5.95 Å². The minimum Gasteiger partial charge on any atom is -0.462 e. The number of alkyl halides is 3. The van der Waals surface area contributed by atoms with E-state index in [4.69, 9.17) is 16.3 Å².